The molecule has 0 saturated carbocycles. The Balaban J connectivity index is 2.30. The number of aldehydes is 1. The van der Waals surface area contributed by atoms with Gasteiger partial charge >= 0.3 is 0 Å². The van der Waals surface area contributed by atoms with E-state index < -0.39 is 0 Å². The van der Waals surface area contributed by atoms with E-state index in [2.05, 4.69) is 25.8 Å². The van der Waals surface area contributed by atoms with Gasteiger partial charge in [-0.25, -0.2) is 4.39 Å². The van der Waals surface area contributed by atoms with Crippen LogP contribution in [-0.2, 0) is 5.41 Å². The third kappa shape index (κ3) is 2.33. The standard InChI is InChI=1S/C19H18FNO/c1-19(2,3)12-8-9-17-14(10-12)15(11-22)18(21-17)13-6-4-5-7-16(13)20/h4-11,21H,1-3H3. The Kier molecular flexibility index (Phi) is 3.36. The summed E-state index contributed by atoms with van der Waals surface area (Å²) in [5, 5.41) is 0.834. The van der Waals surface area contributed by atoms with Gasteiger partial charge in [-0.2, -0.15) is 0 Å². The number of carbonyl (C=O) groups is 1. The molecule has 0 bridgehead atoms. The average molecular weight is 295 g/mol. The molecule has 0 radical (unpaired) electrons. The Bertz CT molecular complexity index is 855. The second-order valence-corrected chi connectivity index (χ2v) is 6.52. The summed E-state index contributed by atoms with van der Waals surface area (Å²) in [6.07, 6.45) is 0.799. The third-order valence-electron chi connectivity index (χ3n) is 3.97. The Morgan fingerprint density at radius 2 is 1.82 bits per heavy atom. The Morgan fingerprint density at radius 1 is 1.09 bits per heavy atom. The lowest BCUT2D eigenvalue weighted by Gasteiger charge is -2.18. The predicted molar refractivity (Wildman–Crippen MR) is 87.8 cm³/mol. The fourth-order valence-electron chi connectivity index (χ4n) is 2.68. The van der Waals surface area contributed by atoms with Gasteiger partial charge in [0.1, 0.15) is 5.82 Å². The maximum Gasteiger partial charge on any atom is 0.152 e. The van der Waals surface area contributed by atoms with Gasteiger partial charge in [0.2, 0.25) is 0 Å². The van der Waals surface area contributed by atoms with Gasteiger partial charge in [0, 0.05) is 22.0 Å². The van der Waals surface area contributed by atoms with Crippen molar-refractivity contribution >= 4 is 17.2 Å². The molecular formula is C19H18FNO. The second kappa shape index (κ2) is 5.09. The minimum absolute atomic E-state index is 0.0101. The summed E-state index contributed by atoms with van der Waals surface area (Å²) >= 11 is 0. The number of benzene rings is 2. The fourth-order valence-corrected chi connectivity index (χ4v) is 2.68. The molecule has 0 amide bonds. The molecular weight excluding hydrogens is 277 g/mol. The van der Waals surface area contributed by atoms with Gasteiger partial charge in [0.15, 0.2) is 6.29 Å². The van der Waals surface area contributed by atoms with Gasteiger partial charge in [-0.05, 0) is 35.2 Å². The minimum atomic E-state index is -0.340. The minimum Gasteiger partial charge on any atom is -0.354 e. The number of aromatic nitrogens is 1. The SMILES string of the molecule is CC(C)(C)c1ccc2[nH]c(-c3ccccc3F)c(C=O)c2c1. The number of carbonyl (C=O) groups excluding carboxylic acids is 1. The van der Waals surface area contributed by atoms with Gasteiger partial charge in [-0.1, -0.05) is 39.0 Å². The van der Waals surface area contributed by atoms with Crippen LogP contribution in [0.5, 0.6) is 0 Å². The highest BCUT2D eigenvalue weighted by Crippen LogP contribution is 2.33. The monoisotopic (exact) mass is 295 g/mol. The van der Waals surface area contributed by atoms with Crippen LogP contribution in [-0.4, -0.2) is 11.3 Å². The summed E-state index contributed by atoms with van der Waals surface area (Å²) in [7, 11) is 0. The first-order chi connectivity index (χ1) is 10.4. The molecule has 0 saturated heterocycles. The van der Waals surface area contributed by atoms with E-state index in [4.69, 9.17) is 0 Å². The summed E-state index contributed by atoms with van der Waals surface area (Å²) < 4.78 is 14.1. The van der Waals surface area contributed by atoms with Crippen LogP contribution in [0.2, 0.25) is 0 Å². The van der Waals surface area contributed by atoms with Crippen LogP contribution in [0.3, 0.4) is 0 Å². The third-order valence-corrected chi connectivity index (χ3v) is 3.97. The van der Waals surface area contributed by atoms with Gasteiger partial charge in [0.05, 0.1) is 5.69 Å². The summed E-state index contributed by atoms with van der Waals surface area (Å²) in [4.78, 5) is 14.8. The maximum absolute atomic E-state index is 14.1. The van der Waals surface area contributed by atoms with E-state index in [0.717, 1.165) is 22.8 Å². The molecule has 0 unspecified atom stereocenters. The van der Waals surface area contributed by atoms with E-state index in [1.165, 1.54) is 6.07 Å². The molecule has 0 spiro atoms. The predicted octanol–water partition coefficient (Wildman–Crippen LogP) is 5.08. The molecule has 3 rings (SSSR count). The van der Waals surface area contributed by atoms with Gasteiger partial charge < -0.3 is 4.98 Å². The van der Waals surface area contributed by atoms with Gasteiger partial charge in [-0.3, -0.25) is 4.79 Å². The van der Waals surface area contributed by atoms with Crippen LogP contribution in [0.25, 0.3) is 22.2 Å². The van der Waals surface area contributed by atoms with Crippen molar-refractivity contribution in [1.29, 1.82) is 0 Å². The molecule has 0 aliphatic rings. The normalized spacial score (nSPS) is 11.8. The van der Waals surface area contributed by atoms with Crippen molar-refractivity contribution in [3.63, 3.8) is 0 Å². The van der Waals surface area contributed by atoms with Crippen molar-refractivity contribution in [2.45, 2.75) is 26.2 Å². The van der Waals surface area contributed by atoms with Crippen LogP contribution in [0.1, 0.15) is 36.7 Å². The quantitative estimate of drug-likeness (QED) is 0.657. The smallest absolute Gasteiger partial charge is 0.152 e. The average Bonchev–Trinajstić information content (AvgIpc) is 2.84. The summed E-state index contributed by atoms with van der Waals surface area (Å²) in [6.45, 7) is 6.37. The zero-order valence-electron chi connectivity index (χ0n) is 12.9. The van der Waals surface area contributed by atoms with Crippen LogP contribution >= 0.6 is 0 Å². The number of hydrogen-bond donors (Lipinski definition) is 1. The molecule has 3 aromatic rings. The first-order valence-electron chi connectivity index (χ1n) is 7.28. The van der Waals surface area contributed by atoms with E-state index in [1.807, 2.05) is 18.2 Å². The molecule has 1 N–H and O–H groups in total. The molecule has 22 heavy (non-hydrogen) atoms. The number of rotatable bonds is 2. The van der Waals surface area contributed by atoms with Crippen LogP contribution in [0, 0.1) is 5.82 Å². The molecule has 3 heteroatoms. The van der Waals surface area contributed by atoms with Crippen LogP contribution in [0.15, 0.2) is 42.5 Å². The lowest BCUT2D eigenvalue weighted by molar-refractivity contribution is 0.112. The van der Waals surface area contributed by atoms with Crippen LogP contribution < -0.4 is 0 Å². The van der Waals surface area contributed by atoms with Crippen molar-refractivity contribution in [3.8, 4) is 11.3 Å². The highest BCUT2D eigenvalue weighted by Gasteiger charge is 2.19. The molecule has 2 aromatic carbocycles. The fraction of sp³-hybridized carbons (Fsp3) is 0.211. The van der Waals surface area contributed by atoms with E-state index in [0.29, 0.717) is 16.8 Å². The number of aromatic amines is 1. The van der Waals surface area contributed by atoms with Crippen molar-refractivity contribution in [3.05, 3.63) is 59.4 Å². The van der Waals surface area contributed by atoms with E-state index >= 15 is 0 Å². The van der Waals surface area contributed by atoms with Crippen molar-refractivity contribution in [1.82, 2.24) is 4.98 Å². The number of fused-ring (bicyclic) bond motifs is 1. The van der Waals surface area contributed by atoms with E-state index in [-0.39, 0.29) is 11.2 Å². The molecule has 0 fully saturated rings. The molecule has 2 nitrogen and oxygen atoms in total. The first-order valence-corrected chi connectivity index (χ1v) is 7.28. The Hall–Kier alpha value is -2.42. The first kappa shape index (κ1) is 14.5. The molecule has 0 aliphatic carbocycles. The molecule has 1 aromatic heterocycles. The number of H-pyrrole nitrogens is 1. The van der Waals surface area contributed by atoms with Crippen molar-refractivity contribution in [2.75, 3.05) is 0 Å². The topological polar surface area (TPSA) is 32.9 Å². The lowest BCUT2D eigenvalue weighted by Crippen LogP contribution is -2.10. The Labute approximate surface area is 129 Å². The molecule has 0 atom stereocenters. The second-order valence-electron chi connectivity index (χ2n) is 6.52. The Morgan fingerprint density at radius 3 is 2.45 bits per heavy atom. The van der Waals surface area contributed by atoms with Crippen molar-refractivity contribution < 1.29 is 9.18 Å². The zero-order chi connectivity index (χ0) is 15.9. The number of hydrogen-bond acceptors (Lipinski definition) is 1. The van der Waals surface area contributed by atoms with Gasteiger partial charge in [0.25, 0.3) is 0 Å². The number of nitrogens with one attached hydrogen (secondary N) is 1. The summed E-state index contributed by atoms with van der Waals surface area (Å²) in [5.74, 6) is -0.340. The summed E-state index contributed by atoms with van der Waals surface area (Å²) in [6, 6.07) is 12.5. The largest absolute Gasteiger partial charge is 0.354 e. The summed E-state index contributed by atoms with van der Waals surface area (Å²) in [5.41, 5.74) is 3.43. The lowest BCUT2D eigenvalue weighted by atomic mass is 9.86. The highest BCUT2D eigenvalue weighted by molar-refractivity contribution is 6.04. The molecule has 0 aliphatic heterocycles. The van der Waals surface area contributed by atoms with E-state index in [9.17, 15) is 9.18 Å². The van der Waals surface area contributed by atoms with Crippen molar-refractivity contribution in [2.24, 2.45) is 0 Å². The van der Waals surface area contributed by atoms with Crippen LogP contribution in [0.4, 0.5) is 4.39 Å². The number of halogens is 1. The van der Waals surface area contributed by atoms with Gasteiger partial charge in [-0.15, -0.1) is 0 Å². The zero-order valence-corrected chi connectivity index (χ0v) is 12.9. The maximum atomic E-state index is 14.1. The molecule has 1 heterocycles. The van der Waals surface area contributed by atoms with E-state index in [1.54, 1.807) is 18.2 Å². The molecule has 112 valence electrons. The highest BCUT2D eigenvalue weighted by atomic mass is 19.1.